The van der Waals surface area contributed by atoms with Crippen LogP contribution in [0.1, 0.15) is 26.3 Å². The molecule has 1 amide bonds. The van der Waals surface area contributed by atoms with Crippen molar-refractivity contribution in [3.05, 3.63) is 52.6 Å². The summed E-state index contributed by atoms with van der Waals surface area (Å²) in [5, 5.41) is 9.44. The lowest BCUT2D eigenvalue weighted by molar-refractivity contribution is 0.0583. The molecule has 1 aromatic carbocycles. The van der Waals surface area contributed by atoms with E-state index in [1.807, 2.05) is 0 Å². The first-order chi connectivity index (χ1) is 13.7. The molecule has 4 rings (SSSR count). The maximum absolute atomic E-state index is 12.8. The molecule has 0 unspecified atom stereocenters. The van der Waals surface area contributed by atoms with Crippen LogP contribution < -0.4 is 10.6 Å². The monoisotopic (exact) mass is 396 g/mol. The summed E-state index contributed by atoms with van der Waals surface area (Å²) in [6.45, 7) is 5.81. The minimum atomic E-state index is -1.35. The fourth-order valence-electron chi connectivity index (χ4n) is 3.46. The first-order valence-corrected chi connectivity index (χ1v) is 9.13. The number of para-hydroxylation sites is 2. The Kier molecular flexibility index (Phi) is 4.18. The standard InChI is InChI=1S/C20H20N4O5/c1-20(2,3)29-19(28)22-9-8-12-10-13(11-21-16(12)22)23-14-6-4-5-7-15(14)24(17(23)25)18(26)27/h4-7,10-11H,8-9H2,1-3H3,(H,26,27). The fraction of sp³-hybridized carbons (Fsp3) is 0.300. The molecule has 9 nitrogen and oxygen atoms in total. The number of carbonyl (C=O) groups is 2. The van der Waals surface area contributed by atoms with E-state index in [1.54, 1.807) is 51.1 Å². The number of carboxylic acid groups (broad SMARTS) is 1. The number of benzene rings is 1. The van der Waals surface area contributed by atoms with E-state index in [9.17, 15) is 19.5 Å². The summed E-state index contributed by atoms with van der Waals surface area (Å²) in [4.78, 5) is 42.6. The second kappa shape index (κ2) is 6.47. The fourth-order valence-corrected chi connectivity index (χ4v) is 3.46. The number of imidazole rings is 1. The number of fused-ring (bicyclic) bond motifs is 2. The van der Waals surface area contributed by atoms with Crippen LogP contribution in [-0.4, -0.2) is 43.6 Å². The Morgan fingerprint density at radius 1 is 1.17 bits per heavy atom. The van der Waals surface area contributed by atoms with Crippen LogP contribution in [0.25, 0.3) is 16.7 Å². The van der Waals surface area contributed by atoms with Crippen LogP contribution in [0.2, 0.25) is 0 Å². The van der Waals surface area contributed by atoms with Crippen molar-refractivity contribution < 1.29 is 19.4 Å². The van der Waals surface area contributed by atoms with Gasteiger partial charge in [-0.15, -0.1) is 0 Å². The molecule has 0 saturated carbocycles. The van der Waals surface area contributed by atoms with Crippen molar-refractivity contribution in [2.45, 2.75) is 32.8 Å². The van der Waals surface area contributed by atoms with E-state index in [1.165, 1.54) is 15.7 Å². The second-order valence-corrected chi connectivity index (χ2v) is 7.78. The Labute approximate surface area is 165 Å². The Balaban J connectivity index is 1.79. The highest BCUT2D eigenvalue weighted by molar-refractivity contribution is 5.90. The van der Waals surface area contributed by atoms with Gasteiger partial charge in [0.25, 0.3) is 0 Å². The molecular formula is C20H20N4O5. The van der Waals surface area contributed by atoms with E-state index in [2.05, 4.69) is 4.98 Å². The summed E-state index contributed by atoms with van der Waals surface area (Å²) >= 11 is 0. The summed E-state index contributed by atoms with van der Waals surface area (Å²) in [6, 6.07) is 8.41. The molecule has 0 spiro atoms. The van der Waals surface area contributed by atoms with Crippen molar-refractivity contribution in [2.24, 2.45) is 0 Å². The Morgan fingerprint density at radius 2 is 1.86 bits per heavy atom. The Bertz CT molecular complexity index is 1200. The van der Waals surface area contributed by atoms with Gasteiger partial charge in [-0.2, -0.15) is 4.57 Å². The third kappa shape index (κ3) is 3.14. The molecule has 0 radical (unpaired) electrons. The van der Waals surface area contributed by atoms with E-state index in [4.69, 9.17) is 4.74 Å². The van der Waals surface area contributed by atoms with Crippen molar-refractivity contribution in [2.75, 3.05) is 11.4 Å². The molecule has 0 atom stereocenters. The highest BCUT2D eigenvalue weighted by atomic mass is 16.6. The number of pyridine rings is 1. The lowest BCUT2D eigenvalue weighted by Gasteiger charge is -2.24. The number of carbonyl (C=O) groups excluding carboxylic acids is 1. The zero-order valence-corrected chi connectivity index (χ0v) is 16.2. The molecule has 0 fully saturated rings. The number of ether oxygens (including phenoxy) is 1. The summed E-state index contributed by atoms with van der Waals surface area (Å²) in [5.41, 5.74) is 0.668. The molecule has 2 aromatic heterocycles. The number of rotatable bonds is 1. The predicted octanol–water partition coefficient (Wildman–Crippen LogP) is 3.01. The van der Waals surface area contributed by atoms with Crippen LogP contribution in [0, 0.1) is 0 Å². The zero-order chi connectivity index (χ0) is 20.9. The molecule has 29 heavy (non-hydrogen) atoms. The summed E-state index contributed by atoms with van der Waals surface area (Å²) in [7, 11) is 0. The van der Waals surface area contributed by atoms with Crippen LogP contribution in [0.15, 0.2) is 41.3 Å². The van der Waals surface area contributed by atoms with Crippen LogP contribution in [0.3, 0.4) is 0 Å². The largest absolute Gasteiger partial charge is 0.464 e. The van der Waals surface area contributed by atoms with E-state index >= 15 is 0 Å². The molecule has 150 valence electrons. The maximum Gasteiger partial charge on any atom is 0.420 e. The average Bonchev–Trinajstić information content (AvgIpc) is 3.17. The smallest absolute Gasteiger partial charge is 0.420 e. The molecule has 0 aliphatic carbocycles. The molecule has 3 heterocycles. The average molecular weight is 396 g/mol. The topological polar surface area (TPSA) is 107 Å². The van der Waals surface area contributed by atoms with Crippen molar-refractivity contribution in [3.63, 3.8) is 0 Å². The zero-order valence-electron chi connectivity index (χ0n) is 16.2. The van der Waals surface area contributed by atoms with Crippen molar-refractivity contribution in [1.82, 2.24) is 14.1 Å². The highest BCUT2D eigenvalue weighted by Gasteiger charge is 2.31. The third-order valence-electron chi connectivity index (χ3n) is 4.60. The molecule has 0 saturated heterocycles. The molecule has 1 N–H and O–H groups in total. The highest BCUT2D eigenvalue weighted by Crippen LogP contribution is 2.29. The quantitative estimate of drug-likeness (QED) is 0.678. The number of nitrogens with zero attached hydrogens (tertiary/aromatic N) is 4. The van der Waals surface area contributed by atoms with Gasteiger partial charge < -0.3 is 9.84 Å². The summed E-state index contributed by atoms with van der Waals surface area (Å²) < 4.78 is 7.44. The summed E-state index contributed by atoms with van der Waals surface area (Å²) in [6.07, 6.45) is 0.190. The van der Waals surface area contributed by atoms with Crippen LogP contribution >= 0.6 is 0 Å². The minimum Gasteiger partial charge on any atom is -0.464 e. The van der Waals surface area contributed by atoms with Gasteiger partial charge in [-0.25, -0.2) is 19.4 Å². The number of anilines is 1. The second-order valence-electron chi connectivity index (χ2n) is 7.78. The maximum atomic E-state index is 12.8. The van der Waals surface area contributed by atoms with Gasteiger partial charge in [0.05, 0.1) is 22.9 Å². The van der Waals surface area contributed by atoms with Gasteiger partial charge in [0, 0.05) is 6.54 Å². The lowest BCUT2D eigenvalue weighted by Crippen LogP contribution is -2.36. The van der Waals surface area contributed by atoms with Crippen molar-refractivity contribution >= 4 is 29.0 Å². The minimum absolute atomic E-state index is 0.292. The van der Waals surface area contributed by atoms with Gasteiger partial charge in [0.15, 0.2) is 0 Å². The number of amides is 1. The Hall–Kier alpha value is -3.62. The molecular weight excluding hydrogens is 376 g/mol. The predicted molar refractivity (Wildman–Crippen MR) is 106 cm³/mol. The van der Waals surface area contributed by atoms with Gasteiger partial charge in [0.1, 0.15) is 11.4 Å². The number of aromatic nitrogens is 3. The van der Waals surface area contributed by atoms with E-state index in [0.717, 1.165) is 5.56 Å². The van der Waals surface area contributed by atoms with Gasteiger partial charge in [0.2, 0.25) is 0 Å². The van der Waals surface area contributed by atoms with Gasteiger partial charge in [-0.3, -0.25) is 9.47 Å². The molecule has 9 heteroatoms. The SMILES string of the molecule is CC(C)(C)OC(=O)N1CCc2cc(-n3c(=O)n(C(=O)O)c4ccccc43)cnc21. The first-order valence-electron chi connectivity index (χ1n) is 9.13. The van der Waals surface area contributed by atoms with Crippen LogP contribution in [-0.2, 0) is 11.2 Å². The van der Waals surface area contributed by atoms with Crippen molar-refractivity contribution in [1.29, 1.82) is 0 Å². The Morgan fingerprint density at radius 3 is 2.52 bits per heavy atom. The number of hydrogen-bond acceptors (Lipinski definition) is 5. The first kappa shape index (κ1) is 18.7. The van der Waals surface area contributed by atoms with Crippen LogP contribution in [0.5, 0.6) is 0 Å². The molecule has 3 aromatic rings. The molecule has 0 bridgehead atoms. The molecule has 1 aliphatic rings. The van der Waals surface area contributed by atoms with E-state index in [-0.39, 0.29) is 0 Å². The summed E-state index contributed by atoms with van der Waals surface area (Å²) in [5.74, 6) is 0.484. The van der Waals surface area contributed by atoms with Gasteiger partial charge >= 0.3 is 17.9 Å². The van der Waals surface area contributed by atoms with Crippen LogP contribution in [0.4, 0.5) is 15.4 Å². The van der Waals surface area contributed by atoms with Gasteiger partial charge in [-0.1, -0.05) is 12.1 Å². The normalized spacial score (nSPS) is 13.6. The molecule has 1 aliphatic heterocycles. The van der Waals surface area contributed by atoms with E-state index in [0.29, 0.717) is 40.1 Å². The van der Waals surface area contributed by atoms with Gasteiger partial charge in [-0.05, 0) is 51.0 Å². The van der Waals surface area contributed by atoms with Crippen molar-refractivity contribution in [3.8, 4) is 5.69 Å². The lowest BCUT2D eigenvalue weighted by atomic mass is 10.2. The third-order valence-corrected chi connectivity index (χ3v) is 4.60. The number of hydrogen-bond donors (Lipinski definition) is 1. The van der Waals surface area contributed by atoms with E-state index < -0.39 is 23.5 Å².